The molecule has 2 nitrogen and oxygen atoms in total. The molecule has 5 heteroatoms. The molecule has 140 valence electrons. The van der Waals surface area contributed by atoms with E-state index in [4.69, 9.17) is 23.2 Å². The van der Waals surface area contributed by atoms with Crippen LogP contribution in [-0.4, -0.2) is 29.1 Å². The Hall–Kier alpha value is -1.03. The molecule has 0 bridgehead atoms. The van der Waals surface area contributed by atoms with E-state index in [9.17, 15) is 5.11 Å². The van der Waals surface area contributed by atoms with Crippen LogP contribution in [0.4, 0.5) is 0 Å². The van der Waals surface area contributed by atoms with Crippen molar-refractivity contribution in [3.8, 4) is 0 Å². The lowest BCUT2D eigenvalue weighted by atomic mass is 9.96. The molecule has 2 aromatic carbocycles. The second-order valence-corrected chi connectivity index (χ2v) is 7.44. The highest BCUT2D eigenvalue weighted by atomic mass is 35.5. The second kappa shape index (κ2) is 9.77. The zero-order valence-electron chi connectivity index (χ0n) is 14.7. The molecule has 0 aliphatic carbocycles. The number of aliphatic hydroxyl groups excluding tert-OH is 1. The van der Waals surface area contributed by atoms with Crippen LogP contribution in [0.1, 0.15) is 30.6 Å². The van der Waals surface area contributed by atoms with Crippen molar-refractivity contribution < 1.29 is 5.11 Å². The van der Waals surface area contributed by atoms with E-state index in [0.29, 0.717) is 10.0 Å². The maximum atomic E-state index is 10.7. The average Bonchev–Trinajstić information content (AvgIpc) is 2.64. The Labute approximate surface area is 171 Å². The molecule has 2 atom stereocenters. The van der Waals surface area contributed by atoms with E-state index in [-0.39, 0.29) is 18.4 Å². The van der Waals surface area contributed by atoms with Gasteiger partial charge in [0.2, 0.25) is 0 Å². The number of rotatable bonds is 5. The van der Waals surface area contributed by atoms with E-state index in [2.05, 4.69) is 42.2 Å². The van der Waals surface area contributed by atoms with Gasteiger partial charge >= 0.3 is 0 Å². The van der Waals surface area contributed by atoms with Crippen molar-refractivity contribution in [2.45, 2.75) is 31.9 Å². The van der Waals surface area contributed by atoms with E-state index in [1.807, 2.05) is 12.1 Å². The summed E-state index contributed by atoms with van der Waals surface area (Å²) in [5, 5.41) is 11.7. The molecule has 0 saturated heterocycles. The third-order valence-electron chi connectivity index (χ3n) is 4.93. The molecule has 0 aromatic heterocycles. The summed E-state index contributed by atoms with van der Waals surface area (Å²) in [4.78, 5) is 2.31. The average molecular weight is 413 g/mol. The fourth-order valence-corrected chi connectivity index (χ4v) is 3.60. The van der Waals surface area contributed by atoms with Gasteiger partial charge in [0, 0.05) is 19.1 Å². The molecule has 1 aliphatic rings. The second-order valence-electron chi connectivity index (χ2n) is 6.63. The monoisotopic (exact) mass is 411 g/mol. The smallest absolute Gasteiger partial charge is 0.0943 e. The fourth-order valence-electron chi connectivity index (χ4n) is 3.29. The minimum Gasteiger partial charge on any atom is -0.387 e. The van der Waals surface area contributed by atoms with Crippen molar-refractivity contribution >= 4 is 35.6 Å². The van der Waals surface area contributed by atoms with E-state index in [1.165, 1.54) is 11.1 Å². The number of benzene rings is 2. The normalized spacial score (nSPS) is 17.2. The highest BCUT2D eigenvalue weighted by molar-refractivity contribution is 6.42. The Kier molecular flexibility index (Phi) is 8.00. The number of aliphatic hydroxyl groups is 1. The SMILES string of the molecule is C[C@@H]([C@@H](O)c1ccc(Cl)c(Cl)c1)N1CC=C(Cc2ccccc2)CC1.Cl. The number of halogens is 3. The summed E-state index contributed by atoms with van der Waals surface area (Å²) in [5.74, 6) is 0. The van der Waals surface area contributed by atoms with Crippen molar-refractivity contribution in [2.75, 3.05) is 13.1 Å². The highest BCUT2D eigenvalue weighted by Crippen LogP contribution is 2.29. The van der Waals surface area contributed by atoms with Crippen LogP contribution in [0.2, 0.25) is 10.0 Å². The van der Waals surface area contributed by atoms with Crippen LogP contribution in [0.15, 0.2) is 60.2 Å². The summed E-state index contributed by atoms with van der Waals surface area (Å²) in [6.45, 7) is 3.88. The van der Waals surface area contributed by atoms with Gasteiger partial charge in [0.25, 0.3) is 0 Å². The summed E-state index contributed by atoms with van der Waals surface area (Å²) in [5.41, 5.74) is 3.63. The minimum absolute atomic E-state index is 0. The van der Waals surface area contributed by atoms with E-state index < -0.39 is 6.10 Å². The summed E-state index contributed by atoms with van der Waals surface area (Å²) in [7, 11) is 0. The van der Waals surface area contributed by atoms with Crippen LogP contribution in [-0.2, 0) is 6.42 Å². The Morgan fingerprint density at radius 1 is 1.08 bits per heavy atom. The first-order valence-electron chi connectivity index (χ1n) is 8.63. The van der Waals surface area contributed by atoms with Crippen LogP contribution < -0.4 is 0 Å². The molecule has 1 aliphatic heterocycles. The maximum Gasteiger partial charge on any atom is 0.0943 e. The van der Waals surface area contributed by atoms with Gasteiger partial charge in [-0.15, -0.1) is 12.4 Å². The van der Waals surface area contributed by atoms with Crippen LogP contribution >= 0.6 is 35.6 Å². The Morgan fingerprint density at radius 3 is 2.42 bits per heavy atom. The summed E-state index contributed by atoms with van der Waals surface area (Å²) in [6, 6.07) is 15.9. The van der Waals surface area contributed by atoms with Gasteiger partial charge in [-0.25, -0.2) is 0 Å². The van der Waals surface area contributed by atoms with Crippen LogP contribution in [0, 0.1) is 0 Å². The summed E-state index contributed by atoms with van der Waals surface area (Å²) in [6.07, 6.45) is 3.76. The Bertz CT molecular complexity index is 748. The Morgan fingerprint density at radius 2 is 1.81 bits per heavy atom. The summed E-state index contributed by atoms with van der Waals surface area (Å²) < 4.78 is 0. The zero-order valence-corrected chi connectivity index (χ0v) is 17.1. The third kappa shape index (κ3) is 5.25. The molecule has 0 saturated carbocycles. The van der Waals surface area contributed by atoms with E-state index in [1.54, 1.807) is 12.1 Å². The van der Waals surface area contributed by atoms with Crippen molar-refractivity contribution in [3.63, 3.8) is 0 Å². The summed E-state index contributed by atoms with van der Waals surface area (Å²) >= 11 is 12.0. The first-order chi connectivity index (χ1) is 12.0. The van der Waals surface area contributed by atoms with Crippen LogP contribution in [0.5, 0.6) is 0 Å². The lowest BCUT2D eigenvalue weighted by Crippen LogP contribution is -2.40. The quantitative estimate of drug-likeness (QED) is 0.636. The lowest BCUT2D eigenvalue weighted by molar-refractivity contribution is 0.0623. The third-order valence-corrected chi connectivity index (χ3v) is 5.67. The fraction of sp³-hybridized carbons (Fsp3) is 0.333. The largest absolute Gasteiger partial charge is 0.387 e. The van der Waals surface area contributed by atoms with Crippen LogP contribution in [0.25, 0.3) is 0 Å². The molecule has 0 radical (unpaired) electrons. The molecular weight excluding hydrogens is 389 g/mol. The molecule has 0 spiro atoms. The first-order valence-corrected chi connectivity index (χ1v) is 9.39. The van der Waals surface area contributed by atoms with Gasteiger partial charge in [0.1, 0.15) is 0 Å². The molecule has 0 amide bonds. The van der Waals surface area contributed by atoms with Gasteiger partial charge in [-0.3, -0.25) is 4.90 Å². The topological polar surface area (TPSA) is 23.5 Å². The zero-order chi connectivity index (χ0) is 17.8. The predicted octanol–water partition coefficient (Wildman–Crippen LogP) is 5.71. The molecule has 26 heavy (non-hydrogen) atoms. The molecule has 3 rings (SSSR count). The highest BCUT2D eigenvalue weighted by Gasteiger charge is 2.25. The van der Waals surface area contributed by atoms with Crippen molar-refractivity contribution in [2.24, 2.45) is 0 Å². The molecule has 0 fully saturated rings. The molecule has 1 heterocycles. The number of hydrogen-bond acceptors (Lipinski definition) is 2. The van der Waals surface area contributed by atoms with Crippen molar-refractivity contribution in [1.29, 1.82) is 0 Å². The van der Waals surface area contributed by atoms with Gasteiger partial charge in [0.05, 0.1) is 16.1 Å². The Balaban J connectivity index is 0.00000243. The van der Waals surface area contributed by atoms with Crippen LogP contribution in [0.3, 0.4) is 0 Å². The molecule has 2 aromatic rings. The van der Waals surface area contributed by atoms with Crippen molar-refractivity contribution in [1.82, 2.24) is 4.90 Å². The first kappa shape index (κ1) is 21.3. The predicted molar refractivity (Wildman–Crippen MR) is 113 cm³/mol. The molecular formula is C21H24Cl3NO. The van der Waals surface area contributed by atoms with E-state index in [0.717, 1.165) is 31.5 Å². The number of nitrogens with zero attached hydrogens (tertiary/aromatic N) is 1. The van der Waals surface area contributed by atoms with Gasteiger partial charge in [0.15, 0.2) is 0 Å². The van der Waals surface area contributed by atoms with Gasteiger partial charge in [-0.2, -0.15) is 0 Å². The lowest BCUT2D eigenvalue weighted by Gasteiger charge is -2.34. The minimum atomic E-state index is -0.584. The molecule has 1 N–H and O–H groups in total. The van der Waals surface area contributed by atoms with Gasteiger partial charge in [-0.05, 0) is 43.0 Å². The van der Waals surface area contributed by atoms with Crippen molar-refractivity contribution in [3.05, 3.63) is 81.4 Å². The molecule has 0 unspecified atom stereocenters. The van der Waals surface area contributed by atoms with E-state index >= 15 is 0 Å². The van der Waals surface area contributed by atoms with Gasteiger partial charge < -0.3 is 5.11 Å². The number of hydrogen-bond donors (Lipinski definition) is 1. The maximum absolute atomic E-state index is 10.7. The van der Waals surface area contributed by atoms with Gasteiger partial charge in [-0.1, -0.05) is 71.2 Å². The standard InChI is InChI=1S/C21H23Cl2NO.ClH/c1-15(21(25)18-7-8-19(22)20(23)14-18)24-11-9-17(10-12-24)13-16-5-3-2-4-6-16;/h2-9,14-15,21,25H,10-13H2,1H3;1H/t15-,21+;/m0./s1.